The molecule has 0 atom stereocenters. The molecule has 1 amide bonds. The summed E-state index contributed by atoms with van der Waals surface area (Å²) < 4.78 is 39.4. The summed E-state index contributed by atoms with van der Waals surface area (Å²) in [6.07, 6.45) is 2.85. The average molecular weight is 321 g/mol. The molecular formula is C18H18F3NO. The Hall–Kier alpha value is -2.30. The normalized spacial score (nSPS) is 10.7. The minimum Gasteiger partial charge on any atom is -0.369 e. The number of nitrogens with two attached hydrogens (primary N) is 1. The molecule has 5 heteroatoms. The van der Waals surface area contributed by atoms with Crippen LogP contribution in [0.1, 0.15) is 29.5 Å². The van der Waals surface area contributed by atoms with Crippen LogP contribution >= 0.6 is 0 Å². The number of amides is 1. The molecule has 0 saturated heterocycles. The van der Waals surface area contributed by atoms with Crippen molar-refractivity contribution in [2.24, 2.45) is 5.73 Å². The molecule has 2 rings (SSSR count). The molecule has 0 aliphatic carbocycles. The van der Waals surface area contributed by atoms with Crippen LogP contribution in [0.2, 0.25) is 0 Å². The molecule has 0 heterocycles. The standard InChI is InChI=1S/C18H18F3NO/c19-15-11-17(21)16(20)10-14(15)4-2-1-3-12-5-7-13(8-6-12)9-18(22)23/h5-8,10-11H,1-4,9H2,(H2,22,23). The largest absolute Gasteiger partial charge is 0.369 e. The monoisotopic (exact) mass is 321 g/mol. The fourth-order valence-corrected chi connectivity index (χ4v) is 2.42. The highest BCUT2D eigenvalue weighted by Crippen LogP contribution is 2.17. The Bertz CT molecular complexity index is 683. The third-order valence-electron chi connectivity index (χ3n) is 3.65. The van der Waals surface area contributed by atoms with Crippen LogP contribution in [0.3, 0.4) is 0 Å². The Labute approximate surface area is 133 Å². The van der Waals surface area contributed by atoms with Crippen LogP contribution in [0.4, 0.5) is 13.2 Å². The van der Waals surface area contributed by atoms with Crippen LogP contribution in [-0.2, 0) is 24.1 Å². The van der Waals surface area contributed by atoms with Gasteiger partial charge in [0.2, 0.25) is 5.91 Å². The van der Waals surface area contributed by atoms with E-state index in [4.69, 9.17) is 5.73 Å². The van der Waals surface area contributed by atoms with Crippen LogP contribution in [0.15, 0.2) is 36.4 Å². The lowest BCUT2D eigenvalue weighted by atomic mass is 10.0. The first kappa shape index (κ1) is 17.1. The molecule has 0 aliphatic heterocycles. The Kier molecular flexibility index (Phi) is 5.79. The van der Waals surface area contributed by atoms with Gasteiger partial charge in [-0.1, -0.05) is 24.3 Å². The van der Waals surface area contributed by atoms with Crippen molar-refractivity contribution in [1.82, 2.24) is 0 Å². The van der Waals surface area contributed by atoms with Crippen molar-refractivity contribution in [3.63, 3.8) is 0 Å². The number of carbonyl (C=O) groups excluding carboxylic acids is 1. The molecular weight excluding hydrogens is 303 g/mol. The minimum atomic E-state index is -1.16. The maximum atomic E-state index is 13.5. The van der Waals surface area contributed by atoms with E-state index in [9.17, 15) is 18.0 Å². The van der Waals surface area contributed by atoms with Gasteiger partial charge in [0, 0.05) is 6.07 Å². The second kappa shape index (κ2) is 7.81. The van der Waals surface area contributed by atoms with Crippen LogP contribution in [-0.4, -0.2) is 5.91 Å². The molecule has 23 heavy (non-hydrogen) atoms. The average Bonchev–Trinajstić information content (AvgIpc) is 2.49. The fraction of sp³-hybridized carbons (Fsp3) is 0.278. The highest BCUT2D eigenvalue weighted by molar-refractivity contribution is 5.76. The molecule has 0 unspecified atom stereocenters. The predicted molar refractivity (Wildman–Crippen MR) is 82.3 cm³/mol. The molecule has 0 spiro atoms. The van der Waals surface area contributed by atoms with Crippen molar-refractivity contribution < 1.29 is 18.0 Å². The third-order valence-corrected chi connectivity index (χ3v) is 3.65. The number of hydrogen-bond donors (Lipinski definition) is 1. The van der Waals surface area contributed by atoms with E-state index in [0.29, 0.717) is 18.9 Å². The maximum Gasteiger partial charge on any atom is 0.221 e. The van der Waals surface area contributed by atoms with Gasteiger partial charge in [0.25, 0.3) is 0 Å². The lowest BCUT2D eigenvalue weighted by Crippen LogP contribution is -2.13. The first-order valence-electron chi connectivity index (χ1n) is 7.45. The fourth-order valence-electron chi connectivity index (χ4n) is 2.42. The van der Waals surface area contributed by atoms with E-state index in [-0.39, 0.29) is 17.9 Å². The summed E-state index contributed by atoms with van der Waals surface area (Å²) in [6.45, 7) is 0. The number of unbranched alkanes of at least 4 members (excludes halogenated alkanes) is 1. The molecule has 0 radical (unpaired) electrons. The number of benzene rings is 2. The van der Waals surface area contributed by atoms with Gasteiger partial charge in [0.1, 0.15) is 5.82 Å². The van der Waals surface area contributed by atoms with Gasteiger partial charge in [-0.25, -0.2) is 13.2 Å². The van der Waals surface area contributed by atoms with E-state index in [1.165, 1.54) is 0 Å². The van der Waals surface area contributed by atoms with Gasteiger partial charge in [-0.15, -0.1) is 0 Å². The Morgan fingerprint density at radius 3 is 2.04 bits per heavy atom. The van der Waals surface area contributed by atoms with Gasteiger partial charge in [-0.05, 0) is 48.4 Å². The van der Waals surface area contributed by atoms with Gasteiger partial charge in [-0.3, -0.25) is 4.79 Å². The Morgan fingerprint density at radius 2 is 1.39 bits per heavy atom. The molecule has 0 fully saturated rings. The second-order valence-electron chi connectivity index (χ2n) is 5.52. The maximum absolute atomic E-state index is 13.5. The Morgan fingerprint density at radius 1 is 0.826 bits per heavy atom. The van der Waals surface area contributed by atoms with E-state index in [1.54, 1.807) is 0 Å². The Balaban J connectivity index is 1.81. The van der Waals surface area contributed by atoms with Gasteiger partial charge in [-0.2, -0.15) is 0 Å². The molecule has 2 N–H and O–H groups in total. The molecule has 0 aromatic heterocycles. The highest BCUT2D eigenvalue weighted by Gasteiger charge is 2.09. The zero-order valence-corrected chi connectivity index (χ0v) is 12.6. The lowest BCUT2D eigenvalue weighted by molar-refractivity contribution is -0.117. The first-order valence-corrected chi connectivity index (χ1v) is 7.45. The van der Waals surface area contributed by atoms with E-state index in [2.05, 4.69) is 0 Å². The molecule has 2 aromatic rings. The molecule has 122 valence electrons. The first-order chi connectivity index (χ1) is 11.0. The lowest BCUT2D eigenvalue weighted by Gasteiger charge is -2.06. The highest BCUT2D eigenvalue weighted by atomic mass is 19.2. The van der Waals surface area contributed by atoms with Gasteiger partial charge < -0.3 is 5.73 Å². The number of carbonyl (C=O) groups is 1. The smallest absolute Gasteiger partial charge is 0.221 e. The third kappa shape index (κ3) is 5.13. The number of primary amides is 1. The predicted octanol–water partition coefficient (Wildman–Crippen LogP) is 3.70. The van der Waals surface area contributed by atoms with Crippen LogP contribution in [0, 0.1) is 17.5 Å². The van der Waals surface area contributed by atoms with Crippen molar-refractivity contribution in [2.45, 2.75) is 32.1 Å². The van der Waals surface area contributed by atoms with Crippen molar-refractivity contribution in [1.29, 1.82) is 0 Å². The number of hydrogen-bond acceptors (Lipinski definition) is 1. The molecule has 2 aromatic carbocycles. The molecule has 0 bridgehead atoms. The summed E-state index contributed by atoms with van der Waals surface area (Å²) in [5.74, 6) is -3.26. The van der Waals surface area contributed by atoms with Crippen molar-refractivity contribution in [3.05, 3.63) is 70.5 Å². The van der Waals surface area contributed by atoms with Gasteiger partial charge in [0.15, 0.2) is 11.6 Å². The van der Waals surface area contributed by atoms with Gasteiger partial charge >= 0.3 is 0 Å². The van der Waals surface area contributed by atoms with Crippen molar-refractivity contribution in [2.75, 3.05) is 0 Å². The molecule has 0 aliphatic rings. The van der Waals surface area contributed by atoms with Crippen LogP contribution < -0.4 is 5.73 Å². The number of aryl methyl sites for hydroxylation is 2. The summed E-state index contributed by atoms with van der Waals surface area (Å²) in [5, 5.41) is 0. The summed E-state index contributed by atoms with van der Waals surface area (Å²) in [7, 11) is 0. The van der Waals surface area contributed by atoms with Crippen molar-refractivity contribution in [3.8, 4) is 0 Å². The second-order valence-corrected chi connectivity index (χ2v) is 5.52. The zero-order valence-electron chi connectivity index (χ0n) is 12.6. The van der Waals surface area contributed by atoms with Crippen molar-refractivity contribution >= 4 is 5.91 Å². The van der Waals surface area contributed by atoms with E-state index in [0.717, 1.165) is 30.0 Å². The summed E-state index contributed by atoms with van der Waals surface area (Å²) >= 11 is 0. The molecule has 0 saturated carbocycles. The summed E-state index contributed by atoms with van der Waals surface area (Å²) in [4.78, 5) is 10.8. The van der Waals surface area contributed by atoms with Crippen LogP contribution in [0.25, 0.3) is 0 Å². The topological polar surface area (TPSA) is 43.1 Å². The van der Waals surface area contributed by atoms with E-state index < -0.39 is 17.5 Å². The number of rotatable bonds is 7. The van der Waals surface area contributed by atoms with E-state index in [1.807, 2.05) is 24.3 Å². The SMILES string of the molecule is NC(=O)Cc1ccc(CCCCc2cc(F)c(F)cc2F)cc1. The van der Waals surface area contributed by atoms with Gasteiger partial charge in [0.05, 0.1) is 6.42 Å². The zero-order chi connectivity index (χ0) is 16.8. The summed E-state index contributed by atoms with van der Waals surface area (Å²) in [5.41, 5.74) is 7.29. The summed E-state index contributed by atoms with van der Waals surface area (Å²) in [6, 6.07) is 9.07. The quantitative estimate of drug-likeness (QED) is 0.613. The van der Waals surface area contributed by atoms with E-state index >= 15 is 0 Å². The number of halogens is 3. The minimum absolute atomic E-state index is 0.195. The molecule has 2 nitrogen and oxygen atoms in total. The van der Waals surface area contributed by atoms with Crippen LogP contribution in [0.5, 0.6) is 0 Å².